The van der Waals surface area contributed by atoms with E-state index in [0.29, 0.717) is 12.5 Å². The summed E-state index contributed by atoms with van der Waals surface area (Å²) in [6, 6.07) is 14.5. The van der Waals surface area contributed by atoms with Gasteiger partial charge in [-0.2, -0.15) is 0 Å². The molecule has 0 aliphatic rings. The molecule has 27 heavy (non-hydrogen) atoms. The van der Waals surface area contributed by atoms with Gasteiger partial charge in [-0.05, 0) is 29.2 Å². The van der Waals surface area contributed by atoms with E-state index in [1.165, 1.54) is 12.1 Å². The largest absolute Gasteiger partial charge is 0.354 e. The minimum Gasteiger partial charge on any atom is -0.354 e. The van der Waals surface area contributed by atoms with Crippen LogP contribution in [0.4, 0.5) is 4.39 Å². The molecular formula is C22H27FN2O2. The Kier molecular flexibility index (Phi) is 7.53. The average Bonchev–Trinajstić information content (AvgIpc) is 2.67. The molecule has 0 aromatic heterocycles. The van der Waals surface area contributed by atoms with Gasteiger partial charge in [0.1, 0.15) is 11.9 Å². The molecule has 2 amide bonds. The van der Waals surface area contributed by atoms with Crippen molar-refractivity contribution in [1.29, 1.82) is 0 Å². The third-order valence-corrected chi connectivity index (χ3v) is 4.25. The van der Waals surface area contributed by atoms with Crippen molar-refractivity contribution >= 4 is 11.8 Å². The second kappa shape index (κ2) is 9.86. The molecule has 2 aromatic rings. The Hall–Kier alpha value is -2.69. The summed E-state index contributed by atoms with van der Waals surface area (Å²) in [6.07, 6.45) is 0.280. The maximum atomic E-state index is 13.2. The molecular weight excluding hydrogens is 343 g/mol. The van der Waals surface area contributed by atoms with Crippen molar-refractivity contribution in [3.63, 3.8) is 0 Å². The molecule has 1 atom stereocenters. The Morgan fingerprint density at radius 1 is 1.04 bits per heavy atom. The van der Waals surface area contributed by atoms with Gasteiger partial charge in [0.25, 0.3) is 0 Å². The van der Waals surface area contributed by atoms with Crippen LogP contribution in [0.2, 0.25) is 0 Å². The number of hydrogen-bond acceptors (Lipinski definition) is 2. The van der Waals surface area contributed by atoms with Gasteiger partial charge >= 0.3 is 0 Å². The minimum absolute atomic E-state index is 0.132. The second-order valence-electron chi connectivity index (χ2n) is 6.95. The molecule has 0 saturated carbocycles. The molecule has 0 fully saturated rings. The summed E-state index contributed by atoms with van der Waals surface area (Å²) in [5.74, 6) is -0.370. The van der Waals surface area contributed by atoms with Crippen LogP contribution in [0.5, 0.6) is 0 Å². The molecule has 0 spiro atoms. The molecule has 5 heteroatoms. The Bertz CT molecular complexity index is 745. The number of carbonyl (C=O) groups excluding carboxylic acids is 2. The highest BCUT2D eigenvalue weighted by Gasteiger charge is 2.30. The van der Waals surface area contributed by atoms with Crippen LogP contribution in [-0.2, 0) is 16.1 Å². The van der Waals surface area contributed by atoms with E-state index in [2.05, 4.69) is 5.32 Å². The maximum absolute atomic E-state index is 13.2. The van der Waals surface area contributed by atoms with Crippen molar-refractivity contribution in [2.75, 3.05) is 6.54 Å². The molecule has 0 unspecified atom stereocenters. The summed E-state index contributed by atoms with van der Waals surface area (Å²) >= 11 is 0. The first-order valence-corrected chi connectivity index (χ1v) is 9.29. The van der Waals surface area contributed by atoms with Gasteiger partial charge in [-0.15, -0.1) is 0 Å². The van der Waals surface area contributed by atoms with Crippen LogP contribution < -0.4 is 5.32 Å². The van der Waals surface area contributed by atoms with Crippen molar-refractivity contribution in [3.05, 3.63) is 71.5 Å². The lowest BCUT2D eigenvalue weighted by atomic mass is 10.0. The molecule has 4 nitrogen and oxygen atoms in total. The molecule has 0 bridgehead atoms. The SMILES string of the molecule is CCC(=O)N(Cc1ccc(F)cc1)[C@@H](C(=O)NCC(C)C)c1ccccc1. The first-order valence-electron chi connectivity index (χ1n) is 9.29. The Morgan fingerprint density at radius 2 is 1.67 bits per heavy atom. The number of rotatable bonds is 8. The quantitative estimate of drug-likeness (QED) is 0.761. The number of amides is 2. The third kappa shape index (κ3) is 5.91. The van der Waals surface area contributed by atoms with E-state index in [4.69, 9.17) is 0 Å². The fourth-order valence-electron chi connectivity index (χ4n) is 2.82. The van der Waals surface area contributed by atoms with Crippen molar-refractivity contribution < 1.29 is 14.0 Å². The van der Waals surface area contributed by atoms with Gasteiger partial charge in [-0.3, -0.25) is 9.59 Å². The highest BCUT2D eigenvalue weighted by Crippen LogP contribution is 2.24. The van der Waals surface area contributed by atoms with Gasteiger partial charge in [0.2, 0.25) is 11.8 Å². The zero-order chi connectivity index (χ0) is 19.8. The number of nitrogens with zero attached hydrogens (tertiary/aromatic N) is 1. The van der Waals surface area contributed by atoms with Crippen molar-refractivity contribution in [2.45, 2.75) is 39.8 Å². The van der Waals surface area contributed by atoms with E-state index in [9.17, 15) is 14.0 Å². The normalized spacial score (nSPS) is 11.9. The molecule has 0 aliphatic carbocycles. The number of carbonyl (C=O) groups is 2. The lowest BCUT2D eigenvalue weighted by Crippen LogP contribution is -2.44. The standard InChI is InChI=1S/C22H27FN2O2/c1-4-20(26)25(15-17-10-12-19(23)13-11-17)21(18-8-6-5-7-9-18)22(27)24-14-16(2)3/h5-13,16,21H,4,14-15H2,1-3H3,(H,24,27)/t21-/m1/s1. The highest BCUT2D eigenvalue weighted by molar-refractivity contribution is 5.88. The van der Waals surface area contributed by atoms with Gasteiger partial charge in [-0.25, -0.2) is 4.39 Å². The first-order chi connectivity index (χ1) is 12.9. The van der Waals surface area contributed by atoms with Gasteiger partial charge in [0, 0.05) is 19.5 Å². The third-order valence-electron chi connectivity index (χ3n) is 4.25. The topological polar surface area (TPSA) is 49.4 Å². The van der Waals surface area contributed by atoms with Crippen LogP contribution >= 0.6 is 0 Å². The number of benzene rings is 2. The van der Waals surface area contributed by atoms with E-state index >= 15 is 0 Å². The molecule has 0 radical (unpaired) electrons. The van der Waals surface area contributed by atoms with Gasteiger partial charge < -0.3 is 10.2 Å². The van der Waals surface area contributed by atoms with E-state index in [1.807, 2.05) is 44.2 Å². The smallest absolute Gasteiger partial charge is 0.247 e. The summed E-state index contributed by atoms with van der Waals surface area (Å²) in [6.45, 7) is 6.58. The summed E-state index contributed by atoms with van der Waals surface area (Å²) < 4.78 is 13.2. The van der Waals surface area contributed by atoms with Crippen LogP contribution in [0.1, 0.15) is 44.4 Å². The molecule has 0 aliphatic heterocycles. The lowest BCUT2D eigenvalue weighted by molar-refractivity contribution is -0.141. The Morgan fingerprint density at radius 3 is 2.22 bits per heavy atom. The van der Waals surface area contributed by atoms with E-state index in [0.717, 1.165) is 11.1 Å². The minimum atomic E-state index is -0.734. The average molecular weight is 370 g/mol. The Balaban J connectivity index is 2.37. The lowest BCUT2D eigenvalue weighted by Gasteiger charge is -2.31. The number of hydrogen-bond donors (Lipinski definition) is 1. The molecule has 144 valence electrons. The van der Waals surface area contributed by atoms with Crippen LogP contribution in [-0.4, -0.2) is 23.3 Å². The van der Waals surface area contributed by atoms with Crippen LogP contribution in [0.3, 0.4) is 0 Å². The fraction of sp³-hybridized carbons (Fsp3) is 0.364. The predicted molar refractivity (Wildman–Crippen MR) is 104 cm³/mol. The van der Waals surface area contributed by atoms with Gasteiger partial charge in [0.15, 0.2) is 0 Å². The van der Waals surface area contributed by atoms with Crippen molar-refractivity contribution in [2.24, 2.45) is 5.92 Å². The summed E-state index contributed by atoms with van der Waals surface area (Å²) in [5.41, 5.74) is 1.53. The molecule has 0 saturated heterocycles. The highest BCUT2D eigenvalue weighted by atomic mass is 19.1. The molecule has 1 N–H and O–H groups in total. The molecule has 2 aromatic carbocycles. The van der Waals surface area contributed by atoms with Gasteiger partial charge in [-0.1, -0.05) is 63.2 Å². The summed E-state index contributed by atoms with van der Waals surface area (Å²) in [4.78, 5) is 27.3. The van der Waals surface area contributed by atoms with E-state index < -0.39 is 6.04 Å². The summed E-state index contributed by atoms with van der Waals surface area (Å²) in [7, 11) is 0. The van der Waals surface area contributed by atoms with Crippen molar-refractivity contribution in [1.82, 2.24) is 10.2 Å². The zero-order valence-corrected chi connectivity index (χ0v) is 16.1. The predicted octanol–water partition coefficient (Wildman–Crippen LogP) is 4.08. The molecule has 2 rings (SSSR count). The van der Waals surface area contributed by atoms with Crippen molar-refractivity contribution in [3.8, 4) is 0 Å². The van der Waals surface area contributed by atoms with Crippen LogP contribution in [0.25, 0.3) is 0 Å². The fourth-order valence-corrected chi connectivity index (χ4v) is 2.82. The monoisotopic (exact) mass is 370 g/mol. The van der Waals surface area contributed by atoms with E-state index in [-0.39, 0.29) is 30.6 Å². The second-order valence-corrected chi connectivity index (χ2v) is 6.95. The van der Waals surface area contributed by atoms with Gasteiger partial charge in [0.05, 0.1) is 0 Å². The first kappa shape index (κ1) is 20.6. The zero-order valence-electron chi connectivity index (χ0n) is 16.1. The number of nitrogens with one attached hydrogen (secondary N) is 1. The van der Waals surface area contributed by atoms with E-state index in [1.54, 1.807) is 24.0 Å². The molecule has 0 heterocycles. The van der Waals surface area contributed by atoms with Crippen LogP contribution in [0.15, 0.2) is 54.6 Å². The van der Waals surface area contributed by atoms with Crippen LogP contribution in [0, 0.1) is 11.7 Å². The maximum Gasteiger partial charge on any atom is 0.247 e. The number of halogens is 1. The summed E-state index contributed by atoms with van der Waals surface area (Å²) in [5, 5.41) is 2.94. The Labute approximate surface area is 160 Å².